The molecule has 0 aromatic heterocycles. The van der Waals surface area contributed by atoms with Crippen LogP contribution >= 0.6 is 0 Å². The summed E-state index contributed by atoms with van der Waals surface area (Å²) in [6, 6.07) is 0. The van der Waals surface area contributed by atoms with Crippen LogP contribution in [0.25, 0.3) is 0 Å². The van der Waals surface area contributed by atoms with Gasteiger partial charge in [0.25, 0.3) is 0 Å². The highest BCUT2D eigenvalue weighted by Gasteiger charge is 2.59. The summed E-state index contributed by atoms with van der Waals surface area (Å²) in [6.07, 6.45) is -0.959. The number of primary amides is 1. The summed E-state index contributed by atoms with van der Waals surface area (Å²) in [7, 11) is 0. The second-order valence-electron chi connectivity index (χ2n) is 2.87. The Hall–Kier alpha value is -0.570. The monoisotopic (exact) mass is 145 g/mol. The van der Waals surface area contributed by atoms with Crippen molar-refractivity contribution in [3.05, 3.63) is 0 Å². The lowest BCUT2D eigenvalue weighted by molar-refractivity contribution is -0.141. The van der Waals surface area contributed by atoms with Crippen molar-refractivity contribution in [3.63, 3.8) is 0 Å². The van der Waals surface area contributed by atoms with E-state index < -0.39 is 30.4 Å². The van der Waals surface area contributed by atoms with Crippen LogP contribution in [0.2, 0.25) is 0 Å². The lowest BCUT2D eigenvalue weighted by Gasteiger charge is -2.32. The molecule has 3 aliphatic rings. The molecule has 0 aromatic carbocycles. The Bertz CT molecular complexity index is 295. The third-order valence-corrected chi connectivity index (χ3v) is 2.19. The molecule has 3 nitrogen and oxygen atoms in total. The lowest BCUT2D eigenvalue weighted by Crippen LogP contribution is -2.48. The van der Waals surface area contributed by atoms with Crippen LogP contribution in [0.3, 0.4) is 0 Å². The fourth-order valence-electron chi connectivity index (χ4n) is 1.49. The van der Waals surface area contributed by atoms with Crippen LogP contribution in [0.5, 0.6) is 0 Å². The summed E-state index contributed by atoms with van der Waals surface area (Å²) in [5.41, 5.74) is 3.92. The van der Waals surface area contributed by atoms with Crippen LogP contribution in [0.4, 0.5) is 0 Å². The molecule has 2 saturated heterocycles. The van der Waals surface area contributed by atoms with E-state index in [1.165, 1.54) is 0 Å². The lowest BCUT2D eigenvalue weighted by atomic mass is 9.72. The summed E-state index contributed by atoms with van der Waals surface area (Å²) in [5.74, 6) is -1.81. The van der Waals surface area contributed by atoms with Gasteiger partial charge >= 0.3 is 0 Å². The van der Waals surface area contributed by atoms with Gasteiger partial charge in [0.2, 0.25) is 5.91 Å². The highest BCUT2D eigenvalue weighted by atomic mass is 16.5. The second-order valence-corrected chi connectivity index (χ2v) is 2.87. The summed E-state index contributed by atoms with van der Waals surface area (Å²) in [4.78, 5) is 11.0. The predicted molar refractivity (Wildman–Crippen MR) is 35.2 cm³/mol. The number of hydrogen-bond donors (Lipinski definition) is 1. The summed E-state index contributed by atoms with van der Waals surface area (Å²) < 4.78 is 34.4. The van der Waals surface area contributed by atoms with Gasteiger partial charge in [-0.1, -0.05) is 0 Å². The van der Waals surface area contributed by atoms with E-state index in [1.54, 1.807) is 0 Å². The van der Waals surface area contributed by atoms with Gasteiger partial charge in [-0.3, -0.25) is 4.79 Å². The molecule has 10 heavy (non-hydrogen) atoms. The molecule has 2 aliphatic heterocycles. The van der Waals surface area contributed by atoms with Gasteiger partial charge in [0.15, 0.2) is 0 Å². The van der Waals surface area contributed by atoms with E-state index >= 15 is 0 Å². The standard InChI is InChI=1S/C7H11NO2/c1-4-5-2-7(3-5,10-4)6(8)9/h4-5H,2-3H2,1H3,(H2,8,9)/i1D3,5D. The number of ether oxygens (including phenoxy) is 1. The molecular formula is C7H11NO2. The molecule has 1 atom stereocenters. The number of fused-ring (bicyclic) bond motifs is 1. The van der Waals surface area contributed by atoms with Gasteiger partial charge in [-0.15, -0.1) is 0 Å². The van der Waals surface area contributed by atoms with Crippen LogP contribution in [0.15, 0.2) is 0 Å². The zero-order chi connectivity index (χ0) is 10.8. The number of nitrogens with two attached hydrogens (primary N) is 1. The van der Waals surface area contributed by atoms with Gasteiger partial charge in [0.1, 0.15) is 5.60 Å². The minimum Gasteiger partial charge on any atom is -0.367 e. The number of carbonyl (C=O) groups excluding carboxylic acids is 1. The number of amides is 1. The molecule has 2 heterocycles. The maximum Gasteiger partial charge on any atom is 0.249 e. The van der Waals surface area contributed by atoms with Crippen molar-refractivity contribution in [2.24, 2.45) is 11.6 Å². The Morgan fingerprint density at radius 1 is 2.00 bits per heavy atom. The molecular weight excluding hydrogens is 130 g/mol. The molecule has 2 N–H and O–H groups in total. The van der Waals surface area contributed by atoms with E-state index in [-0.39, 0.29) is 12.8 Å². The van der Waals surface area contributed by atoms with E-state index in [9.17, 15) is 4.79 Å². The van der Waals surface area contributed by atoms with Crippen molar-refractivity contribution in [1.82, 2.24) is 0 Å². The van der Waals surface area contributed by atoms with Crippen LogP contribution in [0.1, 0.15) is 25.2 Å². The molecule has 0 spiro atoms. The molecule has 3 rings (SSSR count). The van der Waals surface area contributed by atoms with Gasteiger partial charge in [-0.25, -0.2) is 0 Å². The number of rotatable bonds is 1. The number of carbonyl (C=O) groups is 1. The first kappa shape index (κ1) is 3.22. The molecule has 0 radical (unpaired) electrons. The highest BCUT2D eigenvalue weighted by Crippen LogP contribution is 2.51. The Kier molecular flexibility index (Phi) is 0.493. The fourth-order valence-corrected chi connectivity index (χ4v) is 1.49. The Morgan fingerprint density at radius 2 is 2.70 bits per heavy atom. The van der Waals surface area contributed by atoms with E-state index in [0.29, 0.717) is 0 Å². The maximum atomic E-state index is 11.0. The number of hydrogen-bond acceptors (Lipinski definition) is 2. The minimum atomic E-state index is -2.35. The van der Waals surface area contributed by atoms with Crippen LogP contribution in [-0.4, -0.2) is 17.6 Å². The Labute approximate surface area is 65.2 Å². The Balaban J connectivity index is 2.25. The maximum absolute atomic E-state index is 11.0. The van der Waals surface area contributed by atoms with Gasteiger partial charge in [-0.2, -0.15) is 0 Å². The average Bonchev–Trinajstić information content (AvgIpc) is 2.35. The molecule has 1 unspecified atom stereocenters. The van der Waals surface area contributed by atoms with Crippen molar-refractivity contribution in [3.8, 4) is 0 Å². The van der Waals surface area contributed by atoms with Crippen LogP contribution < -0.4 is 5.73 Å². The zero-order valence-corrected chi connectivity index (χ0v) is 5.39. The summed E-state index contributed by atoms with van der Waals surface area (Å²) in [5, 5.41) is 0. The molecule has 1 aliphatic carbocycles. The average molecular weight is 145 g/mol. The summed E-state index contributed by atoms with van der Waals surface area (Å²) >= 11 is 0. The molecule has 2 bridgehead atoms. The van der Waals surface area contributed by atoms with E-state index in [4.69, 9.17) is 16.0 Å². The minimum absolute atomic E-state index is 0.110. The van der Waals surface area contributed by atoms with Crippen molar-refractivity contribution in [2.75, 3.05) is 0 Å². The van der Waals surface area contributed by atoms with Crippen molar-refractivity contribution in [2.45, 2.75) is 31.4 Å². The van der Waals surface area contributed by atoms with Gasteiger partial charge in [0, 0.05) is 5.48 Å². The largest absolute Gasteiger partial charge is 0.367 e. The second kappa shape index (κ2) is 1.53. The molecule has 1 saturated carbocycles. The SMILES string of the molecule is [2H]C([2H])([2H])C1OC2(C(N)=O)CC1([2H])C2. The van der Waals surface area contributed by atoms with E-state index in [1.807, 2.05) is 0 Å². The molecule has 3 heteroatoms. The predicted octanol–water partition coefficient (Wildman–Crippen LogP) is 0.0392. The van der Waals surface area contributed by atoms with Crippen LogP contribution in [-0.2, 0) is 9.53 Å². The first-order valence-corrected chi connectivity index (χ1v) is 3.17. The molecule has 3 fully saturated rings. The fraction of sp³-hybridized carbons (Fsp3) is 0.857. The van der Waals surface area contributed by atoms with Gasteiger partial charge in [0.05, 0.1) is 6.10 Å². The van der Waals surface area contributed by atoms with E-state index in [0.717, 1.165) is 0 Å². The molecule has 56 valence electrons. The zero-order valence-electron chi connectivity index (χ0n) is 9.39. The third kappa shape index (κ3) is 0.515. The van der Waals surface area contributed by atoms with Crippen LogP contribution in [0, 0.1) is 5.89 Å². The van der Waals surface area contributed by atoms with E-state index in [2.05, 4.69) is 0 Å². The van der Waals surface area contributed by atoms with Gasteiger partial charge < -0.3 is 10.5 Å². The quantitative estimate of drug-likeness (QED) is 0.566. The topological polar surface area (TPSA) is 52.3 Å². The Morgan fingerprint density at radius 3 is 3.00 bits per heavy atom. The normalized spacial score (nSPS) is 65.0. The summed E-state index contributed by atoms with van der Waals surface area (Å²) in [6.45, 7) is -2.35. The third-order valence-electron chi connectivity index (χ3n) is 2.19. The molecule has 1 amide bonds. The first-order valence-electron chi connectivity index (χ1n) is 5.17. The van der Waals surface area contributed by atoms with Crippen molar-refractivity contribution < 1.29 is 15.0 Å². The first-order chi connectivity index (χ1) is 6.20. The molecule has 0 aromatic rings. The highest BCUT2D eigenvalue weighted by molar-refractivity contribution is 5.85. The van der Waals surface area contributed by atoms with Gasteiger partial charge in [-0.05, 0) is 25.6 Å². The van der Waals surface area contributed by atoms with Crippen molar-refractivity contribution in [1.29, 1.82) is 0 Å². The van der Waals surface area contributed by atoms with Crippen molar-refractivity contribution >= 4 is 5.91 Å². The smallest absolute Gasteiger partial charge is 0.249 e.